The predicted octanol–water partition coefficient (Wildman–Crippen LogP) is 1.01. The van der Waals surface area contributed by atoms with E-state index in [1.54, 1.807) is 0 Å². The second-order valence-electron chi connectivity index (χ2n) is 5.83. The molecule has 1 aliphatic rings. The van der Waals surface area contributed by atoms with E-state index in [1.165, 1.54) is 19.4 Å². The number of piperazine rings is 1. The quantitative estimate of drug-likeness (QED) is 0.656. The number of hydrogen-bond donors (Lipinski definition) is 2. The Kier molecular flexibility index (Phi) is 7.91. The van der Waals surface area contributed by atoms with Crippen molar-refractivity contribution in [3.8, 4) is 0 Å². The van der Waals surface area contributed by atoms with Gasteiger partial charge in [-0.3, -0.25) is 4.90 Å². The van der Waals surface area contributed by atoms with Crippen molar-refractivity contribution in [2.45, 2.75) is 33.6 Å². The number of nitrogens with zero attached hydrogens (tertiary/aromatic N) is 2. The van der Waals surface area contributed by atoms with Crippen LogP contribution in [-0.4, -0.2) is 73.9 Å². The van der Waals surface area contributed by atoms with Gasteiger partial charge in [-0.1, -0.05) is 20.8 Å². The molecule has 19 heavy (non-hydrogen) atoms. The van der Waals surface area contributed by atoms with Crippen LogP contribution >= 0.6 is 0 Å². The third-order valence-corrected chi connectivity index (χ3v) is 4.69. The van der Waals surface area contributed by atoms with E-state index >= 15 is 0 Å². The molecule has 1 saturated heterocycles. The summed E-state index contributed by atoms with van der Waals surface area (Å²) in [5, 5.41) is 12.5. The summed E-state index contributed by atoms with van der Waals surface area (Å²) < 4.78 is 0. The van der Waals surface area contributed by atoms with Crippen molar-refractivity contribution in [3.05, 3.63) is 0 Å². The fourth-order valence-corrected chi connectivity index (χ4v) is 2.96. The molecule has 0 unspecified atom stereocenters. The average Bonchev–Trinajstić information content (AvgIpc) is 2.46. The lowest BCUT2D eigenvalue weighted by Gasteiger charge is -2.41. The zero-order valence-electron chi connectivity index (χ0n) is 13.1. The highest BCUT2D eigenvalue weighted by molar-refractivity contribution is 4.85. The van der Waals surface area contributed by atoms with Crippen molar-refractivity contribution in [1.82, 2.24) is 15.1 Å². The summed E-state index contributed by atoms with van der Waals surface area (Å²) in [5.41, 5.74) is 0.426. The molecule has 1 aliphatic heterocycles. The van der Waals surface area contributed by atoms with Gasteiger partial charge in [-0.25, -0.2) is 0 Å². The third-order valence-electron chi connectivity index (χ3n) is 4.69. The number of nitrogens with one attached hydrogen (secondary N) is 1. The Morgan fingerprint density at radius 2 is 1.58 bits per heavy atom. The molecule has 0 spiro atoms. The normalized spacial score (nSPS) is 18.9. The smallest absolute Gasteiger partial charge is 0.0558 e. The van der Waals surface area contributed by atoms with Gasteiger partial charge >= 0.3 is 0 Å². The molecule has 0 aromatic heterocycles. The first-order chi connectivity index (χ1) is 9.19. The highest BCUT2D eigenvalue weighted by Crippen LogP contribution is 2.27. The molecule has 0 amide bonds. The van der Waals surface area contributed by atoms with E-state index in [2.05, 4.69) is 35.9 Å². The topological polar surface area (TPSA) is 38.7 Å². The van der Waals surface area contributed by atoms with Crippen LogP contribution in [0.5, 0.6) is 0 Å². The maximum atomic E-state index is 8.98. The highest BCUT2D eigenvalue weighted by atomic mass is 16.3. The Bertz CT molecular complexity index is 223. The molecule has 1 fully saturated rings. The maximum Gasteiger partial charge on any atom is 0.0558 e. The predicted molar refractivity (Wildman–Crippen MR) is 81.5 cm³/mol. The van der Waals surface area contributed by atoms with Crippen LogP contribution in [0.15, 0.2) is 0 Å². The van der Waals surface area contributed by atoms with Crippen LogP contribution in [0.4, 0.5) is 0 Å². The van der Waals surface area contributed by atoms with Crippen molar-refractivity contribution >= 4 is 0 Å². The lowest BCUT2D eigenvalue weighted by atomic mass is 9.81. The van der Waals surface area contributed by atoms with E-state index in [0.717, 1.165) is 45.8 Å². The summed E-state index contributed by atoms with van der Waals surface area (Å²) in [6.07, 6.45) is 2.49. The van der Waals surface area contributed by atoms with Gasteiger partial charge in [0.2, 0.25) is 0 Å². The largest absolute Gasteiger partial charge is 0.395 e. The molecule has 0 radical (unpaired) electrons. The Morgan fingerprint density at radius 1 is 1.00 bits per heavy atom. The second-order valence-corrected chi connectivity index (χ2v) is 5.83. The summed E-state index contributed by atoms with van der Waals surface area (Å²) >= 11 is 0. The maximum absolute atomic E-state index is 8.98. The molecule has 0 atom stereocenters. The minimum atomic E-state index is 0.286. The Morgan fingerprint density at radius 3 is 2.05 bits per heavy atom. The summed E-state index contributed by atoms with van der Waals surface area (Å²) in [4.78, 5) is 4.97. The van der Waals surface area contributed by atoms with E-state index < -0.39 is 0 Å². The molecule has 0 aliphatic carbocycles. The first-order valence-corrected chi connectivity index (χ1v) is 7.96. The minimum absolute atomic E-state index is 0.286. The number of rotatable bonds is 9. The zero-order valence-corrected chi connectivity index (χ0v) is 13.1. The number of hydrogen-bond acceptors (Lipinski definition) is 4. The van der Waals surface area contributed by atoms with Crippen LogP contribution in [0.1, 0.15) is 33.6 Å². The van der Waals surface area contributed by atoms with Gasteiger partial charge in [0.05, 0.1) is 6.61 Å². The molecule has 4 nitrogen and oxygen atoms in total. The summed E-state index contributed by atoms with van der Waals surface area (Å²) in [5.74, 6) is 0. The van der Waals surface area contributed by atoms with Gasteiger partial charge in [0.1, 0.15) is 0 Å². The molecule has 114 valence electrons. The van der Waals surface area contributed by atoms with Crippen LogP contribution in [0.2, 0.25) is 0 Å². The standard InChI is InChI=1S/C15H33N3O/c1-4-15(5-2,13-16-6-3)14-18-9-7-17(8-10-18)11-12-19/h16,19H,4-14H2,1-3H3. The molecule has 4 heteroatoms. The Balaban J connectivity index is 2.42. The molecular formula is C15H33N3O. The lowest BCUT2D eigenvalue weighted by molar-refractivity contribution is 0.0705. The molecule has 0 aromatic carbocycles. The molecule has 1 heterocycles. The molecule has 2 N–H and O–H groups in total. The van der Waals surface area contributed by atoms with Crippen molar-refractivity contribution in [2.24, 2.45) is 5.41 Å². The van der Waals surface area contributed by atoms with Gasteiger partial charge in [0.25, 0.3) is 0 Å². The van der Waals surface area contributed by atoms with Crippen LogP contribution in [0.3, 0.4) is 0 Å². The van der Waals surface area contributed by atoms with Crippen LogP contribution in [0.25, 0.3) is 0 Å². The molecule has 0 aromatic rings. The second kappa shape index (κ2) is 8.90. The average molecular weight is 271 g/mol. The first kappa shape index (κ1) is 16.9. The van der Waals surface area contributed by atoms with Crippen molar-refractivity contribution in [1.29, 1.82) is 0 Å². The molecule has 0 saturated carbocycles. The van der Waals surface area contributed by atoms with Gasteiger partial charge in [0, 0.05) is 45.8 Å². The van der Waals surface area contributed by atoms with Gasteiger partial charge in [0.15, 0.2) is 0 Å². The number of aliphatic hydroxyl groups is 1. The van der Waals surface area contributed by atoms with Crippen LogP contribution < -0.4 is 5.32 Å². The monoisotopic (exact) mass is 271 g/mol. The van der Waals surface area contributed by atoms with Crippen LogP contribution in [0, 0.1) is 5.41 Å². The molecule has 0 bridgehead atoms. The highest BCUT2D eigenvalue weighted by Gasteiger charge is 2.29. The third kappa shape index (κ3) is 5.38. The van der Waals surface area contributed by atoms with Crippen molar-refractivity contribution < 1.29 is 5.11 Å². The van der Waals surface area contributed by atoms with E-state index in [4.69, 9.17) is 5.11 Å². The lowest BCUT2D eigenvalue weighted by Crippen LogP contribution is -2.52. The van der Waals surface area contributed by atoms with E-state index in [0.29, 0.717) is 5.41 Å². The minimum Gasteiger partial charge on any atom is -0.395 e. The summed E-state index contributed by atoms with van der Waals surface area (Å²) in [7, 11) is 0. The molecular weight excluding hydrogens is 238 g/mol. The zero-order chi connectivity index (χ0) is 14.1. The van der Waals surface area contributed by atoms with Crippen molar-refractivity contribution in [3.63, 3.8) is 0 Å². The van der Waals surface area contributed by atoms with Gasteiger partial charge < -0.3 is 15.3 Å². The van der Waals surface area contributed by atoms with Crippen LogP contribution in [-0.2, 0) is 0 Å². The number of aliphatic hydroxyl groups excluding tert-OH is 1. The summed E-state index contributed by atoms with van der Waals surface area (Å²) in [6.45, 7) is 15.8. The fraction of sp³-hybridized carbons (Fsp3) is 1.00. The van der Waals surface area contributed by atoms with Crippen molar-refractivity contribution in [2.75, 3.05) is 59.0 Å². The SMILES string of the molecule is CCNCC(CC)(CC)CN1CCN(CCO)CC1. The Hall–Kier alpha value is -0.160. The van der Waals surface area contributed by atoms with E-state index in [9.17, 15) is 0 Å². The van der Waals surface area contributed by atoms with E-state index in [1.807, 2.05) is 0 Å². The fourth-order valence-electron chi connectivity index (χ4n) is 2.96. The Labute approximate surface area is 119 Å². The van der Waals surface area contributed by atoms with E-state index in [-0.39, 0.29) is 6.61 Å². The van der Waals surface area contributed by atoms with Gasteiger partial charge in [-0.05, 0) is 24.8 Å². The molecule has 1 rings (SSSR count). The first-order valence-electron chi connectivity index (χ1n) is 7.96. The van der Waals surface area contributed by atoms with Gasteiger partial charge in [-0.15, -0.1) is 0 Å². The summed E-state index contributed by atoms with van der Waals surface area (Å²) in [6, 6.07) is 0. The number of β-amino-alcohol motifs (C(OH)–C–C–N with tert-alkyl or cyclic N) is 1. The van der Waals surface area contributed by atoms with Gasteiger partial charge in [-0.2, -0.15) is 0 Å².